The SMILES string of the molecule is CC(Nc1nc(-c2ccncc2)nc2cnccc12)(C(=O)ONc1ccccn1)C(F)(F)F. The van der Waals surface area contributed by atoms with Gasteiger partial charge >= 0.3 is 12.1 Å². The van der Waals surface area contributed by atoms with Gasteiger partial charge in [-0.15, -0.1) is 0 Å². The molecule has 0 fully saturated rings. The first-order valence-electron chi connectivity index (χ1n) is 9.53. The second-order valence-electron chi connectivity index (χ2n) is 6.98. The molecular formula is C21H16F3N7O2. The van der Waals surface area contributed by atoms with Crippen LogP contribution < -0.4 is 10.8 Å². The van der Waals surface area contributed by atoms with Gasteiger partial charge in [0.25, 0.3) is 0 Å². The average Bonchev–Trinajstić information content (AvgIpc) is 2.83. The lowest BCUT2D eigenvalue weighted by molar-refractivity contribution is -0.195. The van der Waals surface area contributed by atoms with Crippen LogP contribution in [-0.4, -0.2) is 42.6 Å². The van der Waals surface area contributed by atoms with E-state index in [2.05, 4.69) is 35.7 Å². The molecule has 12 heteroatoms. The Morgan fingerprint density at radius 3 is 2.42 bits per heavy atom. The van der Waals surface area contributed by atoms with Crippen LogP contribution in [0, 0.1) is 0 Å². The van der Waals surface area contributed by atoms with Crippen LogP contribution in [0.15, 0.2) is 67.4 Å². The van der Waals surface area contributed by atoms with E-state index in [0.717, 1.165) is 0 Å². The van der Waals surface area contributed by atoms with Crippen LogP contribution in [0.1, 0.15) is 6.92 Å². The smallest absolute Gasteiger partial charge is 0.347 e. The van der Waals surface area contributed by atoms with Crippen molar-refractivity contribution < 1.29 is 22.8 Å². The minimum atomic E-state index is -5.04. The van der Waals surface area contributed by atoms with E-state index in [1.54, 1.807) is 24.3 Å². The molecule has 1 unspecified atom stereocenters. The minimum Gasteiger partial charge on any atom is -0.347 e. The first kappa shape index (κ1) is 21.9. The second kappa shape index (κ2) is 8.65. The average molecular weight is 455 g/mol. The molecule has 0 saturated carbocycles. The Morgan fingerprint density at radius 2 is 1.73 bits per heavy atom. The summed E-state index contributed by atoms with van der Waals surface area (Å²) in [4.78, 5) is 37.7. The summed E-state index contributed by atoms with van der Waals surface area (Å²) >= 11 is 0. The van der Waals surface area contributed by atoms with Crippen molar-refractivity contribution in [3.05, 3.63) is 67.4 Å². The summed E-state index contributed by atoms with van der Waals surface area (Å²) in [5.74, 6) is -1.66. The Morgan fingerprint density at radius 1 is 0.970 bits per heavy atom. The van der Waals surface area contributed by atoms with Gasteiger partial charge in [0.15, 0.2) is 11.6 Å². The maximum atomic E-state index is 14.1. The van der Waals surface area contributed by atoms with Crippen LogP contribution >= 0.6 is 0 Å². The van der Waals surface area contributed by atoms with Gasteiger partial charge in [0.2, 0.25) is 5.54 Å². The number of aromatic nitrogens is 5. The largest absolute Gasteiger partial charge is 0.422 e. The molecule has 168 valence electrons. The standard InChI is InChI=1S/C21H16F3N7O2/c1-20(21(22,23)24,19(32)33-31-16-4-2-3-8-27-16)30-18-14-7-11-26-12-15(14)28-17(29-18)13-5-9-25-10-6-13/h2-12H,1H3,(H,27,31)(H,28,29,30). The number of rotatable bonds is 6. The monoisotopic (exact) mass is 455 g/mol. The zero-order chi connectivity index (χ0) is 23.5. The molecule has 4 rings (SSSR count). The van der Waals surface area contributed by atoms with Gasteiger partial charge in [-0.3, -0.25) is 9.97 Å². The van der Waals surface area contributed by atoms with E-state index in [1.165, 1.54) is 43.1 Å². The van der Waals surface area contributed by atoms with Crippen molar-refractivity contribution in [1.29, 1.82) is 0 Å². The molecule has 0 radical (unpaired) electrons. The maximum Gasteiger partial charge on any atom is 0.422 e. The Kier molecular flexibility index (Phi) is 5.73. The molecule has 0 spiro atoms. The van der Waals surface area contributed by atoms with Crippen molar-refractivity contribution in [1.82, 2.24) is 24.9 Å². The summed E-state index contributed by atoms with van der Waals surface area (Å²) in [6, 6.07) is 9.26. The van der Waals surface area contributed by atoms with E-state index in [4.69, 9.17) is 4.84 Å². The Labute approximate surface area is 185 Å². The van der Waals surface area contributed by atoms with Crippen molar-refractivity contribution >= 4 is 28.5 Å². The lowest BCUT2D eigenvalue weighted by Gasteiger charge is -2.31. The molecule has 0 aliphatic carbocycles. The lowest BCUT2D eigenvalue weighted by Crippen LogP contribution is -2.57. The van der Waals surface area contributed by atoms with Crippen molar-refractivity contribution in [2.24, 2.45) is 0 Å². The van der Waals surface area contributed by atoms with Gasteiger partial charge in [-0.05, 0) is 37.3 Å². The fourth-order valence-electron chi connectivity index (χ4n) is 2.80. The predicted molar refractivity (Wildman–Crippen MR) is 113 cm³/mol. The van der Waals surface area contributed by atoms with Gasteiger partial charge in [-0.2, -0.15) is 13.2 Å². The van der Waals surface area contributed by atoms with E-state index in [1.807, 2.05) is 0 Å². The first-order chi connectivity index (χ1) is 15.8. The molecule has 0 aromatic carbocycles. The summed E-state index contributed by atoms with van der Waals surface area (Å²) in [6.45, 7) is 0.663. The van der Waals surface area contributed by atoms with E-state index < -0.39 is 17.7 Å². The molecule has 0 amide bonds. The normalized spacial score (nSPS) is 13.2. The van der Waals surface area contributed by atoms with E-state index in [-0.39, 0.29) is 28.4 Å². The molecule has 4 heterocycles. The molecule has 0 bridgehead atoms. The number of hydrogen-bond donors (Lipinski definition) is 2. The number of carbonyl (C=O) groups excluding carboxylic acids is 1. The number of halogens is 3. The zero-order valence-corrected chi connectivity index (χ0v) is 17.0. The van der Waals surface area contributed by atoms with E-state index >= 15 is 0 Å². The number of nitrogens with one attached hydrogen (secondary N) is 2. The summed E-state index contributed by atoms with van der Waals surface area (Å²) in [6.07, 6.45) is 2.11. The zero-order valence-electron chi connectivity index (χ0n) is 17.0. The number of carbonyl (C=O) groups is 1. The van der Waals surface area contributed by atoms with Crippen LogP contribution in [0.4, 0.5) is 24.8 Å². The van der Waals surface area contributed by atoms with Gasteiger partial charge in [-0.1, -0.05) is 6.07 Å². The quantitative estimate of drug-likeness (QED) is 0.419. The number of pyridine rings is 3. The summed E-state index contributed by atoms with van der Waals surface area (Å²) in [5, 5.41) is 2.47. The van der Waals surface area contributed by atoms with Crippen molar-refractivity contribution in [2.75, 3.05) is 10.8 Å². The first-order valence-corrected chi connectivity index (χ1v) is 9.53. The fourth-order valence-corrected chi connectivity index (χ4v) is 2.80. The topological polar surface area (TPSA) is 115 Å². The van der Waals surface area contributed by atoms with Crippen LogP contribution in [0.3, 0.4) is 0 Å². The predicted octanol–water partition coefficient (Wildman–Crippen LogP) is 3.79. The van der Waals surface area contributed by atoms with Crippen LogP contribution in [0.5, 0.6) is 0 Å². The Bertz CT molecular complexity index is 1270. The molecule has 0 saturated heterocycles. The molecule has 2 N–H and O–H groups in total. The van der Waals surface area contributed by atoms with Gasteiger partial charge in [0, 0.05) is 35.7 Å². The van der Waals surface area contributed by atoms with Gasteiger partial charge in [0.05, 0.1) is 11.7 Å². The Hall–Kier alpha value is -4.35. The van der Waals surface area contributed by atoms with Gasteiger partial charge in [-0.25, -0.2) is 25.2 Å². The van der Waals surface area contributed by atoms with Crippen LogP contribution in [0.25, 0.3) is 22.3 Å². The van der Waals surface area contributed by atoms with E-state index in [9.17, 15) is 18.0 Å². The molecule has 4 aromatic rings. The van der Waals surface area contributed by atoms with Gasteiger partial charge < -0.3 is 10.2 Å². The van der Waals surface area contributed by atoms with Crippen molar-refractivity contribution in [3.8, 4) is 11.4 Å². The molecule has 4 aromatic heterocycles. The summed E-state index contributed by atoms with van der Waals surface area (Å²) in [7, 11) is 0. The number of fused-ring (bicyclic) bond motifs is 1. The van der Waals surface area contributed by atoms with Crippen molar-refractivity contribution in [2.45, 2.75) is 18.6 Å². The third kappa shape index (κ3) is 4.49. The van der Waals surface area contributed by atoms with Crippen LogP contribution in [-0.2, 0) is 9.63 Å². The number of alkyl halides is 3. The minimum absolute atomic E-state index is 0.0638. The molecule has 0 aliphatic rings. The number of hydrogen-bond acceptors (Lipinski definition) is 9. The Balaban J connectivity index is 1.73. The number of nitrogens with zero attached hydrogens (tertiary/aromatic N) is 5. The highest BCUT2D eigenvalue weighted by Crippen LogP contribution is 2.36. The third-order valence-corrected chi connectivity index (χ3v) is 4.69. The van der Waals surface area contributed by atoms with Crippen molar-refractivity contribution in [3.63, 3.8) is 0 Å². The third-order valence-electron chi connectivity index (χ3n) is 4.69. The highest BCUT2D eigenvalue weighted by molar-refractivity contribution is 5.93. The fraction of sp³-hybridized carbons (Fsp3) is 0.143. The molecule has 0 aliphatic heterocycles. The molecule has 33 heavy (non-hydrogen) atoms. The molecule has 9 nitrogen and oxygen atoms in total. The summed E-state index contributed by atoms with van der Waals surface area (Å²) in [5.41, 5.74) is -0.222. The highest BCUT2D eigenvalue weighted by Gasteiger charge is 2.59. The summed E-state index contributed by atoms with van der Waals surface area (Å²) < 4.78 is 42.4. The van der Waals surface area contributed by atoms with E-state index in [0.29, 0.717) is 12.5 Å². The second-order valence-corrected chi connectivity index (χ2v) is 6.98. The van der Waals surface area contributed by atoms with Crippen LogP contribution in [0.2, 0.25) is 0 Å². The molecular weight excluding hydrogens is 439 g/mol. The highest BCUT2D eigenvalue weighted by atomic mass is 19.4. The van der Waals surface area contributed by atoms with Gasteiger partial charge in [0.1, 0.15) is 5.82 Å². The lowest BCUT2D eigenvalue weighted by atomic mass is 10.0. The number of anilines is 2. The maximum absolute atomic E-state index is 14.1. The molecule has 1 atom stereocenters.